The monoisotopic (exact) mass is 286 g/mol. The van der Waals surface area contributed by atoms with Crippen molar-refractivity contribution < 1.29 is 9.13 Å². The molecule has 2 aromatic heterocycles. The first kappa shape index (κ1) is 13.0. The second-order valence-corrected chi connectivity index (χ2v) is 4.26. The fraction of sp³-hybridized carbons (Fsp3) is 0.0769. The molecule has 0 amide bonds. The molecule has 3 rings (SSSR count). The molecule has 0 fully saturated rings. The highest BCUT2D eigenvalue weighted by Gasteiger charge is 2.11. The number of nitrogens with two attached hydrogens (primary N) is 1. The van der Waals surface area contributed by atoms with E-state index >= 15 is 0 Å². The van der Waals surface area contributed by atoms with Gasteiger partial charge in [0.05, 0.1) is 0 Å². The minimum atomic E-state index is -0.514. The molecule has 2 N–H and O–H groups in total. The van der Waals surface area contributed by atoms with Crippen LogP contribution in [0.1, 0.15) is 5.56 Å². The fourth-order valence-electron chi connectivity index (χ4n) is 1.68. The van der Waals surface area contributed by atoms with Gasteiger partial charge in [-0.3, -0.25) is 0 Å². The van der Waals surface area contributed by atoms with Gasteiger partial charge in [0.2, 0.25) is 5.95 Å². The SMILES string of the molecule is Cc1ccc(F)c(Oc2nc(N)nc(-n3cccn3)n2)c1. The summed E-state index contributed by atoms with van der Waals surface area (Å²) in [6, 6.07) is 6.10. The van der Waals surface area contributed by atoms with Crippen molar-refractivity contribution in [1.82, 2.24) is 24.7 Å². The van der Waals surface area contributed by atoms with E-state index in [4.69, 9.17) is 10.5 Å². The van der Waals surface area contributed by atoms with Gasteiger partial charge in [-0.05, 0) is 30.7 Å². The van der Waals surface area contributed by atoms with Gasteiger partial charge in [0, 0.05) is 12.4 Å². The number of anilines is 1. The molecule has 1 aromatic carbocycles. The number of nitrogen functional groups attached to an aromatic ring is 1. The molecule has 0 saturated heterocycles. The summed E-state index contributed by atoms with van der Waals surface area (Å²) in [4.78, 5) is 11.8. The number of nitrogens with zero attached hydrogens (tertiary/aromatic N) is 5. The molecule has 0 bridgehead atoms. The van der Waals surface area contributed by atoms with E-state index in [1.807, 2.05) is 6.92 Å². The van der Waals surface area contributed by atoms with Crippen LogP contribution in [-0.4, -0.2) is 24.7 Å². The average molecular weight is 286 g/mol. The van der Waals surface area contributed by atoms with Gasteiger partial charge in [-0.25, -0.2) is 9.07 Å². The molecule has 0 saturated carbocycles. The number of hydrogen-bond donors (Lipinski definition) is 1. The quantitative estimate of drug-likeness (QED) is 0.790. The zero-order valence-corrected chi connectivity index (χ0v) is 11.1. The van der Waals surface area contributed by atoms with Crippen molar-refractivity contribution in [2.75, 3.05) is 5.73 Å². The van der Waals surface area contributed by atoms with E-state index in [0.717, 1.165) is 5.56 Å². The Kier molecular flexibility index (Phi) is 3.19. The minimum absolute atomic E-state index is 0.0204. The largest absolute Gasteiger partial charge is 0.421 e. The number of halogens is 1. The van der Waals surface area contributed by atoms with Gasteiger partial charge < -0.3 is 10.5 Å². The van der Waals surface area contributed by atoms with Gasteiger partial charge in [0.25, 0.3) is 5.95 Å². The zero-order valence-electron chi connectivity index (χ0n) is 11.1. The van der Waals surface area contributed by atoms with Crippen LogP contribution in [0.25, 0.3) is 5.95 Å². The van der Waals surface area contributed by atoms with Crippen LogP contribution in [0.5, 0.6) is 11.8 Å². The van der Waals surface area contributed by atoms with Gasteiger partial charge in [-0.15, -0.1) is 0 Å². The third kappa shape index (κ3) is 2.78. The highest BCUT2D eigenvalue weighted by atomic mass is 19.1. The first-order valence-electron chi connectivity index (χ1n) is 6.07. The molecule has 0 aliphatic heterocycles. The topological polar surface area (TPSA) is 91.7 Å². The van der Waals surface area contributed by atoms with Crippen LogP contribution < -0.4 is 10.5 Å². The predicted octanol–water partition coefficient (Wildman–Crippen LogP) is 1.88. The molecule has 0 aliphatic rings. The summed E-state index contributed by atoms with van der Waals surface area (Å²) >= 11 is 0. The Hall–Kier alpha value is -3.03. The van der Waals surface area contributed by atoms with E-state index in [-0.39, 0.29) is 23.7 Å². The molecule has 0 radical (unpaired) electrons. The van der Waals surface area contributed by atoms with Crippen LogP contribution in [-0.2, 0) is 0 Å². The number of aryl methyl sites for hydroxylation is 1. The van der Waals surface area contributed by atoms with Crippen LogP contribution in [0.15, 0.2) is 36.7 Å². The number of rotatable bonds is 3. The van der Waals surface area contributed by atoms with Crippen LogP contribution in [0.2, 0.25) is 0 Å². The lowest BCUT2D eigenvalue weighted by Gasteiger charge is -2.07. The van der Waals surface area contributed by atoms with Gasteiger partial charge in [-0.2, -0.15) is 20.1 Å². The molecule has 2 heterocycles. The Morgan fingerprint density at radius 1 is 1.24 bits per heavy atom. The first-order valence-corrected chi connectivity index (χ1v) is 6.07. The summed E-state index contributed by atoms with van der Waals surface area (Å²) in [6.45, 7) is 1.82. The van der Waals surface area contributed by atoms with E-state index in [2.05, 4.69) is 20.1 Å². The van der Waals surface area contributed by atoms with Crippen molar-refractivity contribution in [1.29, 1.82) is 0 Å². The Balaban J connectivity index is 1.97. The Morgan fingerprint density at radius 3 is 2.86 bits per heavy atom. The summed E-state index contributed by atoms with van der Waals surface area (Å²) in [7, 11) is 0. The van der Waals surface area contributed by atoms with Crippen molar-refractivity contribution >= 4 is 5.95 Å². The van der Waals surface area contributed by atoms with Crippen molar-refractivity contribution in [3.8, 4) is 17.7 Å². The molecule has 0 atom stereocenters. The van der Waals surface area contributed by atoms with Crippen molar-refractivity contribution in [3.63, 3.8) is 0 Å². The molecular formula is C13H11FN6O. The Morgan fingerprint density at radius 2 is 2.10 bits per heavy atom. The lowest BCUT2D eigenvalue weighted by Crippen LogP contribution is -2.08. The highest BCUT2D eigenvalue weighted by molar-refractivity contribution is 5.33. The summed E-state index contributed by atoms with van der Waals surface area (Å²) < 4.78 is 20.4. The number of aromatic nitrogens is 5. The maximum Gasteiger partial charge on any atom is 0.328 e. The second kappa shape index (κ2) is 5.16. The number of benzene rings is 1. The Bertz CT molecular complexity index is 774. The molecule has 8 heteroatoms. The predicted molar refractivity (Wildman–Crippen MR) is 72.6 cm³/mol. The fourth-order valence-corrected chi connectivity index (χ4v) is 1.68. The highest BCUT2D eigenvalue weighted by Crippen LogP contribution is 2.23. The van der Waals surface area contributed by atoms with Crippen molar-refractivity contribution in [2.24, 2.45) is 0 Å². The van der Waals surface area contributed by atoms with Gasteiger partial charge in [0.1, 0.15) is 0 Å². The summed E-state index contributed by atoms with van der Waals surface area (Å²) in [6.07, 6.45) is 3.21. The summed E-state index contributed by atoms with van der Waals surface area (Å²) in [5, 5.41) is 3.99. The average Bonchev–Trinajstić information content (AvgIpc) is 2.96. The summed E-state index contributed by atoms with van der Waals surface area (Å²) in [5.74, 6) is -0.346. The maximum atomic E-state index is 13.7. The lowest BCUT2D eigenvalue weighted by atomic mass is 10.2. The standard InChI is InChI=1S/C13H11FN6O/c1-8-3-4-9(14)10(7-8)21-13-18-11(15)17-12(19-13)20-6-2-5-16-20/h2-7H,1H3,(H2,15,17,18,19). The zero-order chi connectivity index (χ0) is 14.8. The van der Waals surface area contributed by atoms with Gasteiger partial charge >= 0.3 is 6.01 Å². The molecule has 106 valence electrons. The van der Waals surface area contributed by atoms with E-state index in [9.17, 15) is 4.39 Å². The molecule has 3 aromatic rings. The van der Waals surface area contributed by atoms with Crippen molar-refractivity contribution in [2.45, 2.75) is 6.92 Å². The van der Waals surface area contributed by atoms with E-state index in [0.29, 0.717) is 0 Å². The molecule has 0 unspecified atom stereocenters. The molecular weight excluding hydrogens is 275 g/mol. The van der Waals surface area contributed by atoms with Gasteiger partial charge in [-0.1, -0.05) is 6.07 Å². The molecule has 21 heavy (non-hydrogen) atoms. The third-order valence-electron chi connectivity index (χ3n) is 2.62. The number of hydrogen-bond acceptors (Lipinski definition) is 6. The first-order chi connectivity index (χ1) is 10.1. The van der Waals surface area contributed by atoms with Crippen molar-refractivity contribution in [3.05, 3.63) is 48.0 Å². The lowest BCUT2D eigenvalue weighted by molar-refractivity contribution is 0.408. The minimum Gasteiger partial charge on any atom is -0.421 e. The molecule has 7 nitrogen and oxygen atoms in total. The molecule has 0 aliphatic carbocycles. The van der Waals surface area contributed by atoms with Crippen LogP contribution in [0.4, 0.5) is 10.3 Å². The van der Waals surface area contributed by atoms with Gasteiger partial charge in [0.15, 0.2) is 11.6 Å². The molecule has 0 spiro atoms. The number of ether oxygens (including phenoxy) is 1. The van der Waals surface area contributed by atoms with E-state index in [1.54, 1.807) is 30.6 Å². The normalized spacial score (nSPS) is 10.6. The van der Waals surface area contributed by atoms with Crippen LogP contribution in [0, 0.1) is 12.7 Å². The second-order valence-electron chi connectivity index (χ2n) is 4.26. The van der Waals surface area contributed by atoms with E-state index in [1.165, 1.54) is 10.7 Å². The smallest absolute Gasteiger partial charge is 0.328 e. The van der Waals surface area contributed by atoms with E-state index < -0.39 is 5.82 Å². The third-order valence-corrected chi connectivity index (χ3v) is 2.62. The maximum absolute atomic E-state index is 13.7. The van der Waals surface area contributed by atoms with Crippen LogP contribution in [0.3, 0.4) is 0 Å². The Labute approximate surface area is 119 Å². The van der Waals surface area contributed by atoms with Crippen LogP contribution >= 0.6 is 0 Å². The summed E-state index contributed by atoms with van der Waals surface area (Å²) in [5.41, 5.74) is 6.46.